The second-order valence-electron chi connectivity index (χ2n) is 3.05. The van der Waals surface area contributed by atoms with E-state index in [1.54, 1.807) is 23.1 Å². The van der Waals surface area contributed by atoms with Crippen molar-refractivity contribution in [1.82, 2.24) is 14.8 Å². The van der Waals surface area contributed by atoms with Crippen LogP contribution in [0.3, 0.4) is 0 Å². The maximum absolute atomic E-state index is 6.04. The summed E-state index contributed by atoms with van der Waals surface area (Å²) in [4.78, 5) is 4.17. The summed E-state index contributed by atoms with van der Waals surface area (Å²) in [7, 11) is 0. The van der Waals surface area contributed by atoms with Gasteiger partial charge in [0.25, 0.3) is 0 Å². The van der Waals surface area contributed by atoms with Gasteiger partial charge in [-0.25, -0.2) is 4.98 Å². The van der Waals surface area contributed by atoms with Gasteiger partial charge in [-0.3, -0.25) is 4.68 Å². The van der Waals surface area contributed by atoms with Gasteiger partial charge < -0.3 is 0 Å². The number of hydrogen-bond donors (Lipinski definition) is 0. The number of nitrogens with zero attached hydrogens (tertiary/aromatic N) is 3. The van der Waals surface area contributed by atoms with Crippen molar-refractivity contribution in [2.24, 2.45) is 0 Å². The van der Waals surface area contributed by atoms with Crippen LogP contribution in [0.2, 0.25) is 10.0 Å². The van der Waals surface area contributed by atoms with Crippen LogP contribution in [-0.2, 0) is 6.54 Å². The largest absolute Gasteiger partial charge is 0.253 e. The molecule has 1 heterocycles. The minimum absolute atomic E-state index is 0.566. The molecular weight excluding hydrogens is 233 g/mol. The molecular formula is C10H9Cl2N3. The Morgan fingerprint density at radius 3 is 2.73 bits per heavy atom. The van der Waals surface area contributed by atoms with Crippen LogP contribution in [0.25, 0.3) is 11.4 Å². The van der Waals surface area contributed by atoms with Gasteiger partial charge >= 0.3 is 0 Å². The SMILES string of the molecule is CCn1cnc(-c2ccc(Cl)cc2Cl)n1. The van der Waals surface area contributed by atoms with Crippen molar-refractivity contribution in [2.45, 2.75) is 13.5 Å². The van der Waals surface area contributed by atoms with Crippen molar-refractivity contribution in [2.75, 3.05) is 0 Å². The Kier molecular flexibility index (Phi) is 2.93. The molecule has 15 heavy (non-hydrogen) atoms. The van der Waals surface area contributed by atoms with Crippen LogP contribution >= 0.6 is 23.2 Å². The van der Waals surface area contributed by atoms with E-state index in [9.17, 15) is 0 Å². The Labute approximate surface area is 97.7 Å². The van der Waals surface area contributed by atoms with E-state index >= 15 is 0 Å². The molecule has 78 valence electrons. The number of benzene rings is 1. The van der Waals surface area contributed by atoms with Crippen LogP contribution in [0, 0.1) is 0 Å². The summed E-state index contributed by atoms with van der Waals surface area (Å²) in [5, 5.41) is 5.44. The number of aromatic nitrogens is 3. The lowest BCUT2D eigenvalue weighted by atomic mass is 10.2. The Balaban J connectivity index is 2.44. The number of hydrogen-bond acceptors (Lipinski definition) is 2. The highest BCUT2D eigenvalue weighted by Gasteiger charge is 2.08. The standard InChI is InChI=1S/C10H9Cl2N3/c1-2-15-6-13-10(14-15)8-4-3-7(11)5-9(8)12/h3-6H,2H2,1H3. The summed E-state index contributed by atoms with van der Waals surface area (Å²) in [5.41, 5.74) is 0.799. The van der Waals surface area contributed by atoms with Gasteiger partial charge in [0.05, 0.1) is 5.02 Å². The summed E-state index contributed by atoms with van der Waals surface area (Å²) in [6.45, 7) is 2.79. The molecule has 3 nitrogen and oxygen atoms in total. The first kappa shape index (κ1) is 10.5. The monoisotopic (exact) mass is 241 g/mol. The third kappa shape index (κ3) is 2.13. The van der Waals surface area contributed by atoms with E-state index in [4.69, 9.17) is 23.2 Å². The zero-order valence-corrected chi connectivity index (χ0v) is 9.63. The van der Waals surface area contributed by atoms with Gasteiger partial charge in [-0.1, -0.05) is 23.2 Å². The fraction of sp³-hybridized carbons (Fsp3) is 0.200. The van der Waals surface area contributed by atoms with E-state index in [1.165, 1.54) is 0 Å². The second-order valence-corrected chi connectivity index (χ2v) is 3.89. The van der Waals surface area contributed by atoms with Gasteiger partial charge in [-0.05, 0) is 25.1 Å². The normalized spacial score (nSPS) is 10.6. The van der Waals surface area contributed by atoms with Gasteiger partial charge in [0, 0.05) is 17.1 Å². The van der Waals surface area contributed by atoms with Crippen molar-refractivity contribution >= 4 is 23.2 Å². The van der Waals surface area contributed by atoms with Crippen molar-refractivity contribution in [3.63, 3.8) is 0 Å². The molecule has 2 aromatic rings. The zero-order valence-electron chi connectivity index (χ0n) is 8.11. The van der Waals surface area contributed by atoms with Crippen LogP contribution in [0.1, 0.15) is 6.92 Å². The molecule has 1 aromatic carbocycles. The summed E-state index contributed by atoms with van der Waals surface area (Å²) >= 11 is 11.8. The molecule has 0 aliphatic carbocycles. The van der Waals surface area contributed by atoms with E-state index in [2.05, 4.69) is 10.1 Å². The third-order valence-corrected chi connectivity index (χ3v) is 2.58. The number of halogens is 2. The second kappa shape index (κ2) is 4.21. The van der Waals surface area contributed by atoms with Crippen molar-refractivity contribution < 1.29 is 0 Å². The first-order chi connectivity index (χ1) is 7.20. The van der Waals surface area contributed by atoms with E-state index in [0.29, 0.717) is 15.9 Å². The maximum atomic E-state index is 6.04. The first-order valence-electron chi connectivity index (χ1n) is 4.55. The summed E-state index contributed by atoms with van der Waals surface area (Å²) in [6.07, 6.45) is 1.68. The smallest absolute Gasteiger partial charge is 0.182 e. The highest BCUT2D eigenvalue weighted by atomic mass is 35.5. The Hall–Kier alpha value is -1.06. The van der Waals surface area contributed by atoms with Crippen molar-refractivity contribution in [3.8, 4) is 11.4 Å². The zero-order chi connectivity index (χ0) is 10.8. The molecule has 0 aliphatic rings. The minimum Gasteiger partial charge on any atom is -0.253 e. The van der Waals surface area contributed by atoms with Gasteiger partial charge in [-0.2, -0.15) is 5.10 Å². The molecule has 0 N–H and O–H groups in total. The molecule has 0 amide bonds. The maximum Gasteiger partial charge on any atom is 0.182 e. The van der Waals surface area contributed by atoms with Crippen LogP contribution in [0.5, 0.6) is 0 Å². The van der Waals surface area contributed by atoms with Crippen LogP contribution in [-0.4, -0.2) is 14.8 Å². The van der Waals surface area contributed by atoms with Crippen molar-refractivity contribution in [1.29, 1.82) is 0 Å². The lowest BCUT2D eigenvalue weighted by molar-refractivity contribution is 0.660. The van der Waals surface area contributed by atoms with Gasteiger partial charge in [0.2, 0.25) is 0 Å². The van der Waals surface area contributed by atoms with Crippen molar-refractivity contribution in [3.05, 3.63) is 34.6 Å². The summed E-state index contributed by atoms with van der Waals surface area (Å²) in [5.74, 6) is 0.624. The molecule has 2 rings (SSSR count). The van der Waals surface area contributed by atoms with Crippen LogP contribution in [0.4, 0.5) is 0 Å². The molecule has 0 radical (unpaired) electrons. The van der Waals surface area contributed by atoms with E-state index < -0.39 is 0 Å². The quantitative estimate of drug-likeness (QED) is 0.809. The number of rotatable bonds is 2. The average Bonchev–Trinajstić information content (AvgIpc) is 2.66. The first-order valence-corrected chi connectivity index (χ1v) is 5.31. The van der Waals surface area contributed by atoms with Gasteiger partial charge in [0.1, 0.15) is 6.33 Å². The average molecular weight is 242 g/mol. The molecule has 0 unspecified atom stereocenters. The molecule has 0 fully saturated rings. The van der Waals surface area contributed by atoms with Gasteiger partial charge in [-0.15, -0.1) is 0 Å². The molecule has 0 saturated carbocycles. The van der Waals surface area contributed by atoms with Gasteiger partial charge in [0.15, 0.2) is 5.82 Å². The molecule has 0 aliphatic heterocycles. The molecule has 5 heteroatoms. The predicted molar refractivity (Wildman–Crippen MR) is 61.2 cm³/mol. The van der Waals surface area contributed by atoms with E-state index in [1.807, 2.05) is 13.0 Å². The van der Waals surface area contributed by atoms with Crippen LogP contribution in [0.15, 0.2) is 24.5 Å². The Morgan fingerprint density at radius 1 is 1.33 bits per heavy atom. The van der Waals surface area contributed by atoms with E-state index in [-0.39, 0.29) is 0 Å². The summed E-state index contributed by atoms with van der Waals surface area (Å²) < 4.78 is 1.75. The third-order valence-electron chi connectivity index (χ3n) is 2.03. The molecule has 0 spiro atoms. The summed E-state index contributed by atoms with van der Waals surface area (Å²) in [6, 6.07) is 5.28. The topological polar surface area (TPSA) is 30.7 Å². The number of aryl methyl sites for hydroxylation is 1. The molecule has 1 aromatic heterocycles. The Bertz CT molecular complexity index is 479. The fourth-order valence-electron chi connectivity index (χ4n) is 1.24. The van der Waals surface area contributed by atoms with Crippen LogP contribution < -0.4 is 0 Å². The fourth-order valence-corrected chi connectivity index (χ4v) is 1.73. The molecule has 0 saturated heterocycles. The predicted octanol–water partition coefficient (Wildman–Crippen LogP) is 3.27. The minimum atomic E-state index is 0.566. The highest BCUT2D eigenvalue weighted by molar-refractivity contribution is 6.36. The molecule has 0 atom stereocenters. The highest BCUT2D eigenvalue weighted by Crippen LogP contribution is 2.27. The lowest BCUT2D eigenvalue weighted by Gasteiger charge is -1.99. The lowest BCUT2D eigenvalue weighted by Crippen LogP contribution is -1.94. The van der Waals surface area contributed by atoms with E-state index in [0.717, 1.165) is 12.1 Å². The molecule has 0 bridgehead atoms. The Morgan fingerprint density at radius 2 is 2.13 bits per heavy atom.